The lowest BCUT2D eigenvalue weighted by Gasteiger charge is -2.16. The van der Waals surface area contributed by atoms with E-state index in [2.05, 4.69) is 73.0 Å². The zero-order valence-electron chi connectivity index (χ0n) is 12.9. The first-order valence-electron chi connectivity index (χ1n) is 7.73. The highest BCUT2D eigenvalue weighted by Gasteiger charge is 2.22. The Morgan fingerprint density at radius 1 is 0.957 bits per heavy atom. The van der Waals surface area contributed by atoms with Crippen molar-refractivity contribution in [2.24, 2.45) is 4.99 Å². The lowest BCUT2D eigenvalue weighted by molar-refractivity contribution is 1.01. The number of thioether (sulfide) groups is 1. The minimum atomic E-state index is 0.403. The zero-order valence-corrected chi connectivity index (χ0v) is 14.5. The minimum Gasteiger partial charge on any atom is -0.251 e. The number of rotatable bonds is 2. The van der Waals surface area contributed by atoms with Gasteiger partial charge in [0.15, 0.2) is 0 Å². The van der Waals surface area contributed by atoms with Crippen LogP contribution in [0.4, 0.5) is 5.69 Å². The van der Waals surface area contributed by atoms with E-state index in [4.69, 9.17) is 4.99 Å². The van der Waals surface area contributed by atoms with Gasteiger partial charge in [-0.15, -0.1) is 23.1 Å². The predicted octanol–water partition coefficient (Wildman–Crippen LogP) is 6.41. The van der Waals surface area contributed by atoms with Crippen LogP contribution in [0, 0.1) is 6.92 Å². The van der Waals surface area contributed by atoms with Crippen molar-refractivity contribution in [1.82, 2.24) is 0 Å². The van der Waals surface area contributed by atoms with Gasteiger partial charge in [-0.25, -0.2) is 0 Å². The van der Waals surface area contributed by atoms with E-state index in [1.807, 2.05) is 11.8 Å². The smallest absolute Gasteiger partial charge is 0.0769 e. The molecule has 3 aromatic rings. The van der Waals surface area contributed by atoms with Crippen LogP contribution in [0.3, 0.4) is 0 Å². The molecule has 0 amide bonds. The minimum absolute atomic E-state index is 0.403. The van der Waals surface area contributed by atoms with E-state index in [1.54, 1.807) is 11.3 Å². The molecule has 1 atom stereocenters. The highest BCUT2D eigenvalue weighted by atomic mass is 32.2. The fraction of sp³-hybridized carbons (Fsp3) is 0.150. The van der Waals surface area contributed by atoms with E-state index in [0.717, 1.165) is 12.1 Å². The summed E-state index contributed by atoms with van der Waals surface area (Å²) in [6, 6.07) is 21.7. The first kappa shape index (κ1) is 14.7. The van der Waals surface area contributed by atoms with Gasteiger partial charge in [-0.3, -0.25) is 4.99 Å². The van der Waals surface area contributed by atoms with Crippen molar-refractivity contribution in [3.05, 3.63) is 82.0 Å². The highest BCUT2D eigenvalue weighted by Crippen LogP contribution is 2.45. The van der Waals surface area contributed by atoms with E-state index in [0.29, 0.717) is 5.25 Å². The Labute approximate surface area is 145 Å². The third-order valence-electron chi connectivity index (χ3n) is 4.02. The van der Waals surface area contributed by atoms with E-state index >= 15 is 0 Å². The van der Waals surface area contributed by atoms with Gasteiger partial charge in [0.25, 0.3) is 0 Å². The molecular formula is C20H17NS2. The molecular weight excluding hydrogens is 318 g/mol. The second-order valence-electron chi connectivity index (χ2n) is 5.72. The van der Waals surface area contributed by atoms with E-state index in [-0.39, 0.29) is 0 Å². The molecule has 2 aromatic carbocycles. The number of aliphatic imine (C=N–C) groups is 1. The van der Waals surface area contributed by atoms with E-state index < -0.39 is 0 Å². The van der Waals surface area contributed by atoms with Gasteiger partial charge in [0.05, 0.1) is 11.4 Å². The fourth-order valence-corrected chi connectivity index (χ4v) is 4.73. The molecule has 0 bridgehead atoms. The van der Waals surface area contributed by atoms with Crippen LogP contribution < -0.4 is 0 Å². The van der Waals surface area contributed by atoms with Gasteiger partial charge in [-0.1, -0.05) is 48.0 Å². The average Bonchev–Trinajstić information content (AvgIpc) is 3.03. The Balaban J connectivity index is 1.78. The lowest BCUT2D eigenvalue weighted by Crippen LogP contribution is -2.03. The van der Waals surface area contributed by atoms with E-state index in [9.17, 15) is 0 Å². The molecule has 1 aliphatic rings. The standard InChI is InChI=1S/C20H17NS2/c1-14-8-10-15(11-9-14)20-13-17(18-7-4-12-22-18)21-16-5-2-3-6-19(16)23-20/h2-12,20H,13H2,1H3/t20-/m1/s1. The molecule has 1 aliphatic heterocycles. The van der Waals surface area contributed by atoms with Crippen LogP contribution in [0.1, 0.15) is 27.7 Å². The number of hydrogen-bond acceptors (Lipinski definition) is 3. The van der Waals surface area contributed by atoms with Crippen molar-refractivity contribution in [2.45, 2.75) is 23.5 Å². The van der Waals surface area contributed by atoms with Crippen LogP contribution in [-0.2, 0) is 0 Å². The molecule has 0 saturated carbocycles. The molecule has 114 valence electrons. The molecule has 0 fully saturated rings. The maximum atomic E-state index is 4.98. The summed E-state index contributed by atoms with van der Waals surface area (Å²) in [6.07, 6.45) is 0.961. The molecule has 0 aliphatic carbocycles. The highest BCUT2D eigenvalue weighted by molar-refractivity contribution is 7.99. The summed E-state index contributed by atoms with van der Waals surface area (Å²) in [7, 11) is 0. The van der Waals surface area contributed by atoms with Crippen molar-refractivity contribution in [1.29, 1.82) is 0 Å². The molecule has 4 rings (SSSR count). The molecule has 3 heteroatoms. The molecule has 2 heterocycles. The van der Waals surface area contributed by atoms with Crippen LogP contribution in [-0.4, -0.2) is 5.71 Å². The number of nitrogens with zero attached hydrogens (tertiary/aromatic N) is 1. The van der Waals surface area contributed by atoms with Crippen LogP contribution >= 0.6 is 23.1 Å². The Hall–Kier alpha value is -1.84. The molecule has 1 nitrogen and oxygen atoms in total. The van der Waals surface area contributed by atoms with Crippen LogP contribution in [0.25, 0.3) is 0 Å². The zero-order chi connectivity index (χ0) is 15.6. The van der Waals surface area contributed by atoms with Gasteiger partial charge in [0, 0.05) is 21.4 Å². The van der Waals surface area contributed by atoms with Crippen molar-refractivity contribution >= 4 is 34.5 Å². The van der Waals surface area contributed by atoms with Crippen molar-refractivity contribution in [3.8, 4) is 0 Å². The molecule has 0 radical (unpaired) electrons. The number of aryl methyl sites for hydroxylation is 1. The maximum Gasteiger partial charge on any atom is 0.0769 e. The second-order valence-corrected chi connectivity index (χ2v) is 7.92. The van der Waals surface area contributed by atoms with Crippen molar-refractivity contribution < 1.29 is 0 Å². The molecule has 23 heavy (non-hydrogen) atoms. The largest absolute Gasteiger partial charge is 0.251 e. The van der Waals surface area contributed by atoms with Gasteiger partial charge in [0.1, 0.15) is 0 Å². The van der Waals surface area contributed by atoms with E-state index in [1.165, 1.54) is 26.6 Å². The van der Waals surface area contributed by atoms with Crippen LogP contribution in [0.2, 0.25) is 0 Å². The number of para-hydroxylation sites is 1. The Kier molecular flexibility index (Phi) is 4.06. The normalized spacial score (nSPS) is 17.3. The summed E-state index contributed by atoms with van der Waals surface area (Å²) in [5.41, 5.74) is 4.97. The quantitative estimate of drug-likeness (QED) is 0.527. The van der Waals surface area contributed by atoms with Crippen LogP contribution in [0.5, 0.6) is 0 Å². The molecule has 0 unspecified atom stereocenters. The van der Waals surface area contributed by atoms with Gasteiger partial charge in [-0.2, -0.15) is 0 Å². The average molecular weight is 335 g/mol. The second kappa shape index (κ2) is 6.34. The Morgan fingerprint density at radius 3 is 2.57 bits per heavy atom. The van der Waals surface area contributed by atoms with Gasteiger partial charge >= 0.3 is 0 Å². The first-order valence-corrected chi connectivity index (χ1v) is 9.49. The third-order valence-corrected chi connectivity index (χ3v) is 6.26. The number of thiophene rings is 1. The summed E-state index contributed by atoms with van der Waals surface area (Å²) in [5, 5.41) is 2.53. The number of fused-ring (bicyclic) bond motifs is 1. The summed E-state index contributed by atoms with van der Waals surface area (Å²) in [6.45, 7) is 2.14. The predicted molar refractivity (Wildman–Crippen MR) is 101 cm³/mol. The topological polar surface area (TPSA) is 12.4 Å². The summed E-state index contributed by atoms with van der Waals surface area (Å²) < 4.78 is 0. The van der Waals surface area contributed by atoms with Gasteiger partial charge in [0.2, 0.25) is 0 Å². The maximum absolute atomic E-state index is 4.98. The van der Waals surface area contributed by atoms with Crippen molar-refractivity contribution in [3.63, 3.8) is 0 Å². The number of hydrogen-bond donors (Lipinski definition) is 0. The molecule has 1 aromatic heterocycles. The fourth-order valence-electron chi connectivity index (χ4n) is 2.78. The van der Waals surface area contributed by atoms with Crippen molar-refractivity contribution in [2.75, 3.05) is 0 Å². The summed E-state index contributed by atoms with van der Waals surface area (Å²) >= 11 is 3.70. The first-order chi connectivity index (χ1) is 11.3. The summed E-state index contributed by atoms with van der Waals surface area (Å²) in [5.74, 6) is 0. The lowest BCUT2D eigenvalue weighted by atomic mass is 10.0. The third kappa shape index (κ3) is 3.12. The monoisotopic (exact) mass is 335 g/mol. The SMILES string of the molecule is Cc1ccc([C@H]2CC(c3cccs3)=Nc3ccccc3S2)cc1. The number of benzene rings is 2. The van der Waals surface area contributed by atoms with Gasteiger partial charge in [-0.05, 0) is 36.1 Å². The molecule has 0 N–H and O–H groups in total. The molecule has 0 spiro atoms. The molecule has 0 saturated heterocycles. The Morgan fingerprint density at radius 2 is 1.78 bits per heavy atom. The van der Waals surface area contributed by atoms with Crippen LogP contribution in [0.15, 0.2) is 75.9 Å². The summed E-state index contributed by atoms with van der Waals surface area (Å²) in [4.78, 5) is 7.53. The van der Waals surface area contributed by atoms with Gasteiger partial charge < -0.3 is 0 Å². The Bertz CT molecular complexity index is 832.